The van der Waals surface area contributed by atoms with Gasteiger partial charge in [-0.15, -0.1) is 0 Å². The second-order valence-corrected chi connectivity index (χ2v) is 8.21. The molecule has 0 aliphatic rings. The van der Waals surface area contributed by atoms with Crippen molar-refractivity contribution in [1.82, 2.24) is 10.3 Å². The minimum Gasteiger partial charge on any atom is -0.491 e. The van der Waals surface area contributed by atoms with Crippen LogP contribution in [0.2, 0.25) is 0 Å². The van der Waals surface area contributed by atoms with Gasteiger partial charge in [0.2, 0.25) is 0 Å². The van der Waals surface area contributed by atoms with E-state index in [2.05, 4.69) is 10.3 Å². The number of benzene rings is 2. The largest absolute Gasteiger partial charge is 0.491 e. The number of aromatic amines is 1. The van der Waals surface area contributed by atoms with Crippen molar-refractivity contribution in [3.05, 3.63) is 87.7 Å². The summed E-state index contributed by atoms with van der Waals surface area (Å²) in [6.45, 7) is 7.95. The zero-order valence-electron chi connectivity index (χ0n) is 18.6. The van der Waals surface area contributed by atoms with Gasteiger partial charge >= 0.3 is 0 Å². The van der Waals surface area contributed by atoms with Crippen LogP contribution in [-0.4, -0.2) is 23.0 Å². The number of hydrogen-bond acceptors (Lipinski definition) is 3. The Morgan fingerprint density at radius 1 is 1.03 bits per heavy atom. The lowest BCUT2D eigenvalue weighted by molar-refractivity contribution is 0.0937. The first-order valence-corrected chi connectivity index (χ1v) is 10.7. The molecule has 1 unspecified atom stereocenters. The SMILES string of the molecule is Cc1cccc(-c2ccc(C(=O)NC(C)CCc3ccc(OC(C)C)cc3)c(=O)[nH]2)c1. The third-order valence-corrected chi connectivity index (χ3v) is 5.02. The highest BCUT2D eigenvalue weighted by Gasteiger charge is 2.14. The van der Waals surface area contributed by atoms with E-state index in [-0.39, 0.29) is 29.2 Å². The standard InChI is InChI=1S/C26H30N2O3/c1-17(2)31-22-12-10-20(11-13-22)9-8-19(4)27-25(29)23-14-15-24(28-26(23)30)21-7-5-6-18(3)16-21/h5-7,10-17,19H,8-9H2,1-4H3,(H,27,29)(H,28,30). The Labute approximate surface area is 183 Å². The number of aryl methyl sites for hydroxylation is 2. The van der Waals surface area contributed by atoms with Gasteiger partial charge in [0.05, 0.1) is 6.10 Å². The lowest BCUT2D eigenvalue weighted by Crippen LogP contribution is -2.36. The average molecular weight is 419 g/mol. The van der Waals surface area contributed by atoms with Crippen molar-refractivity contribution in [2.24, 2.45) is 0 Å². The van der Waals surface area contributed by atoms with E-state index in [4.69, 9.17) is 4.74 Å². The molecule has 2 aromatic carbocycles. The summed E-state index contributed by atoms with van der Waals surface area (Å²) in [4.78, 5) is 27.9. The fraction of sp³-hybridized carbons (Fsp3) is 0.308. The molecule has 0 saturated heterocycles. The van der Waals surface area contributed by atoms with Crippen LogP contribution in [0.4, 0.5) is 0 Å². The number of hydrogen-bond donors (Lipinski definition) is 2. The van der Waals surface area contributed by atoms with Gasteiger partial charge in [0.15, 0.2) is 0 Å². The number of amides is 1. The lowest BCUT2D eigenvalue weighted by atomic mass is 10.1. The Morgan fingerprint density at radius 3 is 2.42 bits per heavy atom. The van der Waals surface area contributed by atoms with Gasteiger partial charge < -0.3 is 15.0 Å². The number of pyridine rings is 1. The van der Waals surface area contributed by atoms with Crippen LogP contribution < -0.4 is 15.6 Å². The van der Waals surface area contributed by atoms with Crippen molar-refractivity contribution >= 4 is 5.91 Å². The molecular formula is C26H30N2O3. The van der Waals surface area contributed by atoms with Crippen LogP contribution in [-0.2, 0) is 6.42 Å². The zero-order chi connectivity index (χ0) is 22.4. The van der Waals surface area contributed by atoms with Crippen LogP contribution in [0.3, 0.4) is 0 Å². The summed E-state index contributed by atoms with van der Waals surface area (Å²) in [6, 6.07) is 19.2. The van der Waals surface area contributed by atoms with Gasteiger partial charge in [0.25, 0.3) is 11.5 Å². The molecule has 0 bridgehead atoms. The summed E-state index contributed by atoms with van der Waals surface area (Å²) in [6.07, 6.45) is 1.75. The van der Waals surface area contributed by atoms with Crippen molar-refractivity contribution in [3.63, 3.8) is 0 Å². The number of nitrogens with one attached hydrogen (secondary N) is 2. The van der Waals surface area contributed by atoms with E-state index in [1.807, 2.05) is 76.2 Å². The van der Waals surface area contributed by atoms with E-state index in [9.17, 15) is 9.59 Å². The van der Waals surface area contributed by atoms with Gasteiger partial charge in [-0.2, -0.15) is 0 Å². The smallest absolute Gasteiger partial charge is 0.261 e. The topological polar surface area (TPSA) is 71.2 Å². The van der Waals surface area contributed by atoms with Crippen molar-refractivity contribution < 1.29 is 9.53 Å². The number of aromatic nitrogens is 1. The zero-order valence-corrected chi connectivity index (χ0v) is 18.6. The molecule has 3 rings (SSSR count). The number of ether oxygens (including phenoxy) is 1. The maximum Gasteiger partial charge on any atom is 0.261 e. The molecule has 1 aromatic heterocycles. The summed E-state index contributed by atoms with van der Waals surface area (Å²) in [5.41, 5.74) is 3.64. The highest BCUT2D eigenvalue weighted by molar-refractivity contribution is 5.94. The minimum absolute atomic E-state index is 0.0602. The van der Waals surface area contributed by atoms with E-state index in [0.29, 0.717) is 5.69 Å². The van der Waals surface area contributed by atoms with E-state index in [0.717, 1.165) is 29.7 Å². The molecule has 5 heteroatoms. The molecule has 162 valence electrons. The number of carbonyl (C=O) groups is 1. The average Bonchev–Trinajstić information content (AvgIpc) is 2.72. The maximum atomic E-state index is 12.6. The number of carbonyl (C=O) groups excluding carboxylic acids is 1. The Balaban J connectivity index is 1.57. The molecule has 31 heavy (non-hydrogen) atoms. The van der Waals surface area contributed by atoms with Crippen LogP contribution in [0.25, 0.3) is 11.3 Å². The van der Waals surface area contributed by atoms with Crippen LogP contribution in [0.5, 0.6) is 5.75 Å². The molecule has 0 aliphatic heterocycles. The lowest BCUT2D eigenvalue weighted by Gasteiger charge is -2.14. The van der Waals surface area contributed by atoms with E-state index in [1.165, 1.54) is 5.56 Å². The summed E-state index contributed by atoms with van der Waals surface area (Å²) in [5, 5.41) is 2.93. The molecule has 0 radical (unpaired) electrons. The number of H-pyrrole nitrogens is 1. The first kappa shape index (κ1) is 22.3. The molecule has 1 heterocycles. The third kappa shape index (κ3) is 6.32. The summed E-state index contributed by atoms with van der Waals surface area (Å²) in [7, 11) is 0. The maximum absolute atomic E-state index is 12.6. The monoisotopic (exact) mass is 418 g/mol. The van der Waals surface area contributed by atoms with Gasteiger partial charge in [0, 0.05) is 11.7 Å². The fourth-order valence-corrected chi connectivity index (χ4v) is 3.40. The molecule has 0 saturated carbocycles. The van der Waals surface area contributed by atoms with Gasteiger partial charge in [-0.3, -0.25) is 9.59 Å². The van der Waals surface area contributed by atoms with Crippen LogP contribution >= 0.6 is 0 Å². The van der Waals surface area contributed by atoms with Gasteiger partial charge in [0.1, 0.15) is 11.3 Å². The third-order valence-electron chi connectivity index (χ3n) is 5.02. The van der Waals surface area contributed by atoms with E-state index < -0.39 is 0 Å². The second-order valence-electron chi connectivity index (χ2n) is 8.21. The number of rotatable bonds is 8. The van der Waals surface area contributed by atoms with E-state index in [1.54, 1.807) is 12.1 Å². The first-order valence-electron chi connectivity index (χ1n) is 10.7. The summed E-state index contributed by atoms with van der Waals surface area (Å²) < 4.78 is 5.66. The normalized spacial score (nSPS) is 11.9. The molecule has 0 fully saturated rings. The fourth-order valence-electron chi connectivity index (χ4n) is 3.40. The molecule has 5 nitrogen and oxygen atoms in total. The Kier molecular flexibility index (Phi) is 7.29. The molecule has 2 N–H and O–H groups in total. The quantitative estimate of drug-likeness (QED) is 0.547. The van der Waals surface area contributed by atoms with Crippen molar-refractivity contribution in [2.45, 2.75) is 52.7 Å². The molecule has 1 atom stereocenters. The summed E-state index contributed by atoms with van der Waals surface area (Å²) in [5.74, 6) is 0.499. The summed E-state index contributed by atoms with van der Waals surface area (Å²) >= 11 is 0. The first-order chi connectivity index (χ1) is 14.8. The Bertz CT molecular complexity index is 1080. The van der Waals surface area contributed by atoms with Crippen LogP contribution in [0.15, 0.2) is 65.5 Å². The minimum atomic E-state index is -0.385. The van der Waals surface area contributed by atoms with Crippen LogP contribution in [0, 0.1) is 6.92 Å². The Morgan fingerprint density at radius 2 is 1.77 bits per heavy atom. The molecular weight excluding hydrogens is 388 g/mol. The predicted octanol–water partition coefficient (Wildman–Crippen LogP) is 4.89. The van der Waals surface area contributed by atoms with Gasteiger partial charge in [-0.25, -0.2) is 0 Å². The van der Waals surface area contributed by atoms with Crippen molar-refractivity contribution in [1.29, 1.82) is 0 Å². The predicted molar refractivity (Wildman–Crippen MR) is 125 cm³/mol. The molecule has 1 amide bonds. The highest BCUT2D eigenvalue weighted by atomic mass is 16.5. The van der Waals surface area contributed by atoms with Gasteiger partial charge in [-0.1, -0.05) is 35.9 Å². The molecule has 0 spiro atoms. The van der Waals surface area contributed by atoms with Crippen molar-refractivity contribution in [2.75, 3.05) is 0 Å². The molecule has 3 aromatic rings. The molecule has 0 aliphatic carbocycles. The second kappa shape index (κ2) is 10.1. The van der Waals surface area contributed by atoms with Gasteiger partial charge in [-0.05, 0) is 82.0 Å². The Hall–Kier alpha value is -3.34. The van der Waals surface area contributed by atoms with Crippen molar-refractivity contribution in [3.8, 4) is 17.0 Å². The highest BCUT2D eigenvalue weighted by Crippen LogP contribution is 2.17. The van der Waals surface area contributed by atoms with E-state index >= 15 is 0 Å². The van der Waals surface area contributed by atoms with Crippen LogP contribution in [0.1, 0.15) is 48.7 Å².